The van der Waals surface area contributed by atoms with Crippen LogP contribution in [0.1, 0.15) is 158 Å². The Hall–Kier alpha value is -7.10. The van der Waals surface area contributed by atoms with Crippen LogP contribution in [-0.2, 0) is 32.5 Å². The molecule has 79 heavy (non-hydrogen) atoms. The predicted octanol–water partition coefficient (Wildman–Crippen LogP) is 19.8. The predicted molar refractivity (Wildman–Crippen MR) is 348 cm³/mol. The summed E-state index contributed by atoms with van der Waals surface area (Å²) in [4.78, 5) is 5.38. The van der Waals surface area contributed by atoms with E-state index in [1.165, 1.54) is 138 Å². The maximum Gasteiger partial charge on any atom is 0.252 e. The van der Waals surface area contributed by atoms with E-state index in [0.717, 1.165) is 0 Å². The maximum absolute atomic E-state index is 2.69. The lowest BCUT2D eigenvalue weighted by atomic mass is 9.33. The Morgan fingerprint density at radius 3 is 0.810 bits per heavy atom. The molecule has 10 aromatic rings. The highest BCUT2D eigenvalue weighted by atomic mass is 15.2. The summed E-state index contributed by atoms with van der Waals surface area (Å²) in [5.74, 6) is 0. The van der Waals surface area contributed by atoms with E-state index in [-0.39, 0.29) is 39.2 Å². The number of hydrogen-bond donors (Lipinski definition) is 0. The molecule has 2 heterocycles. The van der Waals surface area contributed by atoms with E-state index in [9.17, 15) is 0 Å². The molecule has 0 aromatic heterocycles. The van der Waals surface area contributed by atoms with Gasteiger partial charge in [0.2, 0.25) is 0 Å². The lowest BCUT2D eigenvalue weighted by molar-refractivity contribution is 0.568. The highest BCUT2D eigenvalue weighted by Gasteiger charge is 2.45. The third kappa shape index (κ3) is 9.24. The van der Waals surface area contributed by atoms with Crippen LogP contribution in [0.5, 0.6) is 0 Å². The van der Waals surface area contributed by atoms with Gasteiger partial charge in [-0.1, -0.05) is 216 Å². The number of rotatable bonds is 3. The molecule has 0 radical (unpaired) electrons. The smallest absolute Gasteiger partial charge is 0.252 e. The van der Waals surface area contributed by atoms with Crippen molar-refractivity contribution in [1.29, 1.82) is 0 Å². The Morgan fingerprint density at radius 2 is 0.519 bits per heavy atom. The molecule has 2 aliphatic heterocycles. The summed E-state index contributed by atoms with van der Waals surface area (Å²) in [6.45, 7) is 42.5. The third-order valence-electron chi connectivity index (χ3n) is 17.5. The largest absolute Gasteiger partial charge is 0.311 e. The highest BCUT2D eigenvalue weighted by molar-refractivity contribution is 7.00. The van der Waals surface area contributed by atoms with Crippen LogP contribution in [-0.4, -0.2) is 6.71 Å². The minimum Gasteiger partial charge on any atom is -0.311 e. The second-order valence-electron chi connectivity index (χ2n) is 29.8. The third-order valence-corrected chi connectivity index (χ3v) is 17.5. The lowest BCUT2D eigenvalue weighted by Gasteiger charge is -2.45. The Morgan fingerprint density at radius 1 is 0.253 bits per heavy atom. The zero-order chi connectivity index (χ0) is 56.3. The molecule has 0 saturated heterocycles. The van der Waals surface area contributed by atoms with Crippen molar-refractivity contribution < 1.29 is 0 Å². The molecule has 398 valence electrons. The van der Waals surface area contributed by atoms with Crippen LogP contribution in [0.4, 0.5) is 34.1 Å². The van der Waals surface area contributed by atoms with Crippen LogP contribution in [0, 0.1) is 0 Å². The molecular formula is C76H81BN2. The Balaban J connectivity index is 1.30. The average molecular weight is 1030 g/mol. The number of anilines is 6. The van der Waals surface area contributed by atoms with Gasteiger partial charge in [0.25, 0.3) is 6.71 Å². The number of benzene rings is 10. The standard InChI is InChI=1S/C76H81BN2/c1-71(2,3)56-31-54(32-57(39-56)72(4,5)6)55-37-68-70-69(38-55)79(63-44-60(75(13,14)15)41-61(45-63)76(16,17)18)67-36-53-30-49-26-22-20-24-47(49)28-51(53)34-65(67)77(70)64-33-50-27-46-23-19-21-25-48(46)29-52(50)35-66(64)78(68)62-42-58(73(7,8)9)40-59(43-62)74(10,11)12/h19-45H,1-18H3. The van der Waals surface area contributed by atoms with Gasteiger partial charge in [-0.15, -0.1) is 0 Å². The van der Waals surface area contributed by atoms with E-state index >= 15 is 0 Å². The van der Waals surface area contributed by atoms with Crippen LogP contribution >= 0.6 is 0 Å². The summed E-state index contributed by atoms with van der Waals surface area (Å²) in [5.41, 5.74) is 21.3. The highest BCUT2D eigenvalue weighted by Crippen LogP contribution is 2.50. The zero-order valence-electron chi connectivity index (χ0n) is 50.6. The van der Waals surface area contributed by atoms with E-state index in [1.807, 2.05) is 0 Å². The van der Waals surface area contributed by atoms with Crippen LogP contribution in [0.15, 0.2) is 164 Å². The summed E-state index contributed by atoms with van der Waals surface area (Å²) in [6.07, 6.45) is 0. The SMILES string of the molecule is CC(C)(C)c1cc(-c2cc3c4c(c2)N(c2cc(C(C)(C)C)cc(C(C)(C)C)c2)c2cc5cc6ccccc6cc5cc2B4c2cc4cc5ccccc5cc4cc2N3c2cc(C(C)(C)C)cc(C(C)(C)C)c2)cc(C(C)(C)C)c1. The number of fused-ring (bicyclic) bond motifs is 8. The van der Waals surface area contributed by atoms with Gasteiger partial charge in [-0.3, -0.25) is 0 Å². The van der Waals surface area contributed by atoms with Gasteiger partial charge in [-0.2, -0.15) is 0 Å². The summed E-state index contributed by atoms with van der Waals surface area (Å²) >= 11 is 0. The molecule has 0 unspecified atom stereocenters. The van der Waals surface area contributed by atoms with Crippen molar-refractivity contribution >= 4 is 100 Å². The van der Waals surface area contributed by atoms with Crippen LogP contribution in [0.3, 0.4) is 0 Å². The van der Waals surface area contributed by atoms with Crippen molar-refractivity contribution in [2.75, 3.05) is 9.80 Å². The molecule has 2 nitrogen and oxygen atoms in total. The van der Waals surface area contributed by atoms with E-state index in [4.69, 9.17) is 0 Å². The quantitative estimate of drug-likeness (QED) is 0.129. The van der Waals surface area contributed by atoms with E-state index in [2.05, 4.69) is 298 Å². The van der Waals surface area contributed by atoms with Crippen molar-refractivity contribution in [3.63, 3.8) is 0 Å². The van der Waals surface area contributed by atoms with Crippen molar-refractivity contribution in [3.05, 3.63) is 197 Å². The molecule has 0 atom stereocenters. The topological polar surface area (TPSA) is 6.48 Å². The zero-order valence-corrected chi connectivity index (χ0v) is 50.6. The van der Waals surface area contributed by atoms with Crippen LogP contribution in [0.25, 0.3) is 54.2 Å². The number of nitrogens with zero attached hydrogens (tertiary/aromatic N) is 2. The average Bonchev–Trinajstić information content (AvgIpc) is 3.20. The van der Waals surface area contributed by atoms with Crippen LogP contribution in [0.2, 0.25) is 0 Å². The van der Waals surface area contributed by atoms with Crippen LogP contribution < -0.4 is 26.2 Å². The molecule has 0 bridgehead atoms. The summed E-state index contributed by atoms with van der Waals surface area (Å²) < 4.78 is 0. The minimum absolute atomic E-state index is 0.0660. The summed E-state index contributed by atoms with van der Waals surface area (Å²) in [5, 5.41) is 10.0. The lowest BCUT2D eigenvalue weighted by Crippen LogP contribution is -2.61. The normalized spacial score (nSPS) is 14.1. The second kappa shape index (κ2) is 17.7. The first-order chi connectivity index (χ1) is 36.9. The molecular weight excluding hydrogens is 952 g/mol. The fraction of sp³-hybridized carbons (Fsp3) is 0.316. The minimum atomic E-state index is -0.0959. The fourth-order valence-electron chi connectivity index (χ4n) is 12.5. The molecule has 10 aromatic carbocycles. The molecule has 0 aliphatic carbocycles. The molecule has 0 spiro atoms. The van der Waals surface area contributed by atoms with Gasteiger partial charge in [0.05, 0.1) is 0 Å². The Kier molecular flexibility index (Phi) is 11.8. The van der Waals surface area contributed by atoms with Gasteiger partial charge in [0.15, 0.2) is 0 Å². The number of hydrogen-bond acceptors (Lipinski definition) is 2. The van der Waals surface area contributed by atoms with Crippen molar-refractivity contribution in [1.82, 2.24) is 0 Å². The summed E-state index contributed by atoms with van der Waals surface area (Å²) in [6, 6.07) is 65.3. The molecule has 0 N–H and O–H groups in total. The van der Waals surface area contributed by atoms with Gasteiger partial charge in [-0.25, -0.2) is 0 Å². The van der Waals surface area contributed by atoms with Gasteiger partial charge in [0.1, 0.15) is 0 Å². The van der Waals surface area contributed by atoms with Gasteiger partial charge >= 0.3 is 0 Å². The molecule has 2 aliphatic rings. The van der Waals surface area contributed by atoms with E-state index in [1.54, 1.807) is 0 Å². The molecule has 0 fully saturated rings. The van der Waals surface area contributed by atoms with E-state index < -0.39 is 0 Å². The molecule has 3 heteroatoms. The van der Waals surface area contributed by atoms with Gasteiger partial charge < -0.3 is 9.80 Å². The monoisotopic (exact) mass is 1030 g/mol. The van der Waals surface area contributed by atoms with Crippen molar-refractivity contribution in [2.24, 2.45) is 0 Å². The Labute approximate surface area is 473 Å². The first-order valence-corrected chi connectivity index (χ1v) is 29.1. The first kappa shape index (κ1) is 52.6. The van der Waals surface area contributed by atoms with E-state index in [0.29, 0.717) is 0 Å². The van der Waals surface area contributed by atoms with Gasteiger partial charge in [0, 0.05) is 34.1 Å². The van der Waals surface area contributed by atoms with Gasteiger partial charge in [-0.05, 0) is 209 Å². The summed E-state index contributed by atoms with van der Waals surface area (Å²) in [7, 11) is 0. The fourth-order valence-corrected chi connectivity index (χ4v) is 12.5. The molecule has 0 saturated carbocycles. The first-order valence-electron chi connectivity index (χ1n) is 29.1. The molecule has 12 rings (SSSR count). The Bertz CT molecular complexity index is 3820. The second-order valence-corrected chi connectivity index (χ2v) is 29.8. The maximum atomic E-state index is 2.69. The van der Waals surface area contributed by atoms with Crippen molar-refractivity contribution in [3.8, 4) is 11.1 Å². The van der Waals surface area contributed by atoms with Crippen molar-refractivity contribution in [2.45, 2.75) is 157 Å². The molecule has 0 amide bonds.